The van der Waals surface area contributed by atoms with Crippen LogP contribution in [0.2, 0.25) is 0 Å². The van der Waals surface area contributed by atoms with Gasteiger partial charge in [0.25, 0.3) is 0 Å². The quantitative estimate of drug-likeness (QED) is 0.739. The molecule has 0 aromatic carbocycles. The van der Waals surface area contributed by atoms with Crippen LogP contribution in [0.3, 0.4) is 0 Å². The number of hydrogen-bond donors (Lipinski definition) is 1. The smallest absolute Gasteiger partial charge is 0.319 e. The molecule has 1 N–H and O–H groups in total. The first-order chi connectivity index (χ1) is 6.24. The molecule has 0 radical (unpaired) electrons. The predicted molar refractivity (Wildman–Crippen MR) is 59.5 cm³/mol. The number of carbonyl (C=O) groups excluding carboxylic acids is 1. The molecule has 2 amide bonds. The van der Waals surface area contributed by atoms with E-state index in [2.05, 4.69) is 26.1 Å². The van der Waals surface area contributed by atoms with Gasteiger partial charge >= 0.3 is 6.03 Å². The van der Waals surface area contributed by atoms with Gasteiger partial charge in [0.2, 0.25) is 0 Å². The van der Waals surface area contributed by atoms with E-state index in [1.807, 2.05) is 7.05 Å². The van der Waals surface area contributed by atoms with Crippen molar-refractivity contribution in [2.75, 3.05) is 34.2 Å². The van der Waals surface area contributed by atoms with Crippen molar-refractivity contribution >= 4 is 6.03 Å². The van der Waals surface area contributed by atoms with Crippen LogP contribution in [0, 0.1) is 0 Å². The Balaban J connectivity index is 3.75. The second-order valence-electron chi connectivity index (χ2n) is 4.78. The van der Waals surface area contributed by atoms with Gasteiger partial charge in [-0.15, -0.1) is 0 Å². The minimum Gasteiger partial charge on any atom is -0.331 e. The Morgan fingerprint density at radius 2 is 1.71 bits per heavy atom. The van der Waals surface area contributed by atoms with E-state index < -0.39 is 0 Å². The van der Waals surface area contributed by atoms with E-state index in [9.17, 15) is 4.79 Å². The SMILES string of the molecule is CN(C)C(=O)N(C)CCNC(C)(C)C. The maximum atomic E-state index is 11.4. The number of nitrogens with one attached hydrogen (secondary N) is 1. The summed E-state index contributed by atoms with van der Waals surface area (Å²) in [5.74, 6) is 0. The Hall–Kier alpha value is -0.770. The van der Waals surface area contributed by atoms with Gasteiger partial charge in [0.15, 0.2) is 0 Å². The van der Waals surface area contributed by atoms with Crippen LogP contribution in [0.15, 0.2) is 0 Å². The molecule has 0 saturated carbocycles. The highest BCUT2D eigenvalue weighted by Crippen LogP contribution is 1.97. The third-order valence-electron chi connectivity index (χ3n) is 1.81. The molecular formula is C10H23N3O. The summed E-state index contributed by atoms with van der Waals surface area (Å²) in [6.07, 6.45) is 0. The van der Waals surface area contributed by atoms with Crippen LogP contribution in [0.4, 0.5) is 4.79 Å². The second kappa shape index (κ2) is 5.20. The molecule has 0 rings (SSSR count). The van der Waals surface area contributed by atoms with Crippen LogP contribution in [0.1, 0.15) is 20.8 Å². The molecule has 4 nitrogen and oxygen atoms in total. The number of hydrogen-bond acceptors (Lipinski definition) is 2. The highest BCUT2D eigenvalue weighted by molar-refractivity contribution is 5.73. The third-order valence-corrected chi connectivity index (χ3v) is 1.81. The van der Waals surface area contributed by atoms with E-state index in [1.54, 1.807) is 23.9 Å². The lowest BCUT2D eigenvalue weighted by Crippen LogP contribution is -2.44. The van der Waals surface area contributed by atoms with E-state index in [4.69, 9.17) is 0 Å². The minimum atomic E-state index is 0.0423. The molecule has 0 aliphatic carbocycles. The van der Waals surface area contributed by atoms with Gasteiger partial charge < -0.3 is 15.1 Å². The minimum absolute atomic E-state index is 0.0423. The number of urea groups is 1. The second-order valence-corrected chi connectivity index (χ2v) is 4.78. The van der Waals surface area contributed by atoms with Crippen molar-refractivity contribution in [2.45, 2.75) is 26.3 Å². The maximum absolute atomic E-state index is 11.4. The standard InChI is InChI=1S/C10H23N3O/c1-10(2,3)11-7-8-13(6)9(14)12(4)5/h11H,7-8H2,1-6H3. The van der Waals surface area contributed by atoms with E-state index in [-0.39, 0.29) is 11.6 Å². The lowest BCUT2D eigenvalue weighted by molar-refractivity contribution is 0.181. The zero-order valence-corrected chi connectivity index (χ0v) is 10.2. The van der Waals surface area contributed by atoms with E-state index in [0.29, 0.717) is 0 Å². The molecule has 0 aromatic rings. The van der Waals surface area contributed by atoms with Gasteiger partial charge in [-0.3, -0.25) is 0 Å². The van der Waals surface area contributed by atoms with Crippen LogP contribution in [-0.2, 0) is 0 Å². The van der Waals surface area contributed by atoms with Crippen LogP contribution in [-0.4, -0.2) is 55.6 Å². The van der Waals surface area contributed by atoms with E-state index in [1.165, 1.54) is 0 Å². The fourth-order valence-corrected chi connectivity index (χ4v) is 1.04. The Labute approximate surface area is 87.3 Å². The van der Waals surface area contributed by atoms with Crippen molar-refractivity contribution in [3.63, 3.8) is 0 Å². The average Bonchev–Trinajstić information content (AvgIpc) is 2.00. The molecule has 0 heterocycles. The average molecular weight is 201 g/mol. The predicted octanol–water partition coefficient (Wildman–Crippen LogP) is 0.988. The summed E-state index contributed by atoms with van der Waals surface area (Å²) in [4.78, 5) is 14.7. The molecule has 0 aliphatic rings. The molecule has 0 spiro atoms. The maximum Gasteiger partial charge on any atom is 0.319 e. The largest absolute Gasteiger partial charge is 0.331 e. The summed E-state index contributed by atoms with van der Waals surface area (Å²) in [6.45, 7) is 7.89. The van der Waals surface area contributed by atoms with Crippen molar-refractivity contribution in [3.05, 3.63) is 0 Å². The number of carbonyl (C=O) groups is 1. The molecule has 0 aliphatic heterocycles. The Morgan fingerprint density at radius 1 is 1.21 bits per heavy atom. The number of nitrogens with zero attached hydrogens (tertiary/aromatic N) is 2. The van der Waals surface area contributed by atoms with Gasteiger partial charge in [0.05, 0.1) is 0 Å². The fourth-order valence-electron chi connectivity index (χ4n) is 1.04. The summed E-state index contributed by atoms with van der Waals surface area (Å²) in [6, 6.07) is 0.0423. The molecule has 0 aromatic heterocycles. The van der Waals surface area contributed by atoms with Crippen LogP contribution in [0.5, 0.6) is 0 Å². The first-order valence-electron chi connectivity index (χ1n) is 4.91. The van der Waals surface area contributed by atoms with Crippen LogP contribution in [0.25, 0.3) is 0 Å². The topological polar surface area (TPSA) is 35.6 Å². The Kier molecular flexibility index (Phi) is 4.91. The highest BCUT2D eigenvalue weighted by atomic mass is 16.2. The van der Waals surface area contributed by atoms with E-state index >= 15 is 0 Å². The molecule has 84 valence electrons. The first-order valence-corrected chi connectivity index (χ1v) is 4.91. The Bertz CT molecular complexity index is 184. The fraction of sp³-hybridized carbons (Fsp3) is 0.900. The molecule has 0 unspecified atom stereocenters. The molecular weight excluding hydrogens is 178 g/mol. The van der Waals surface area contributed by atoms with Gasteiger partial charge in [0, 0.05) is 39.8 Å². The summed E-state index contributed by atoms with van der Waals surface area (Å²) in [5, 5.41) is 3.33. The summed E-state index contributed by atoms with van der Waals surface area (Å²) < 4.78 is 0. The van der Waals surface area contributed by atoms with Gasteiger partial charge in [-0.25, -0.2) is 4.79 Å². The lowest BCUT2D eigenvalue weighted by Gasteiger charge is -2.25. The monoisotopic (exact) mass is 201 g/mol. The van der Waals surface area contributed by atoms with Crippen LogP contribution < -0.4 is 5.32 Å². The van der Waals surface area contributed by atoms with Crippen molar-refractivity contribution in [1.82, 2.24) is 15.1 Å². The molecule has 14 heavy (non-hydrogen) atoms. The lowest BCUT2D eigenvalue weighted by atomic mass is 10.1. The Morgan fingerprint density at radius 3 is 2.07 bits per heavy atom. The zero-order valence-electron chi connectivity index (χ0n) is 10.2. The third kappa shape index (κ3) is 5.80. The molecule has 0 saturated heterocycles. The van der Waals surface area contributed by atoms with Crippen molar-refractivity contribution in [2.24, 2.45) is 0 Å². The van der Waals surface area contributed by atoms with Crippen molar-refractivity contribution in [1.29, 1.82) is 0 Å². The summed E-state index contributed by atoms with van der Waals surface area (Å²) in [5.41, 5.74) is 0.113. The number of rotatable bonds is 3. The molecule has 0 atom stereocenters. The number of amides is 2. The van der Waals surface area contributed by atoms with Crippen LogP contribution >= 0.6 is 0 Å². The normalized spacial score (nSPS) is 11.3. The first kappa shape index (κ1) is 13.2. The molecule has 0 fully saturated rings. The van der Waals surface area contributed by atoms with Gasteiger partial charge in [-0.05, 0) is 20.8 Å². The molecule has 4 heteroatoms. The van der Waals surface area contributed by atoms with Crippen molar-refractivity contribution in [3.8, 4) is 0 Å². The van der Waals surface area contributed by atoms with Gasteiger partial charge in [-0.1, -0.05) is 0 Å². The van der Waals surface area contributed by atoms with Gasteiger partial charge in [0.1, 0.15) is 0 Å². The van der Waals surface area contributed by atoms with Crippen molar-refractivity contribution < 1.29 is 4.79 Å². The summed E-state index contributed by atoms with van der Waals surface area (Å²) >= 11 is 0. The number of likely N-dealkylation sites (N-methyl/N-ethyl adjacent to an activating group) is 1. The highest BCUT2D eigenvalue weighted by Gasteiger charge is 2.12. The molecule has 0 bridgehead atoms. The van der Waals surface area contributed by atoms with Gasteiger partial charge in [-0.2, -0.15) is 0 Å². The van der Waals surface area contributed by atoms with E-state index in [0.717, 1.165) is 13.1 Å². The summed E-state index contributed by atoms with van der Waals surface area (Å²) in [7, 11) is 5.33. The zero-order chi connectivity index (χ0) is 11.4.